The molecule has 0 unspecified atom stereocenters. The van der Waals surface area contributed by atoms with Crippen molar-refractivity contribution in [1.82, 2.24) is 0 Å². The van der Waals surface area contributed by atoms with Gasteiger partial charge in [-0.25, -0.2) is 4.79 Å². The number of hydrogen-bond acceptors (Lipinski definition) is 3. The molecule has 3 nitrogen and oxygen atoms in total. The van der Waals surface area contributed by atoms with Gasteiger partial charge < -0.3 is 5.11 Å². The third-order valence-electron chi connectivity index (χ3n) is 0.676. The fourth-order valence-electron chi connectivity index (χ4n) is 0.256. The molecule has 0 atom stereocenters. The Morgan fingerprint density at radius 3 is 2.44 bits per heavy atom. The minimum absolute atomic E-state index is 0.0891. The lowest BCUT2D eigenvalue weighted by Crippen LogP contribution is -2.14. The summed E-state index contributed by atoms with van der Waals surface area (Å²) in [6, 6.07) is 0. The van der Waals surface area contributed by atoms with E-state index in [2.05, 4.69) is 0 Å². The van der Waals surface area contributed by atoms with Crippen LogP contribution in [-0.4, -0.2) is 28.4 Å². The number of aliphatic carboxylic acids is 1. The molecule has 0 saturated carbocycles. The normalized spacial score (nSPS) is 9.00. The van der Waals surface area contributed by atoms with Gasteiger partial charge in [-0.2, -0.15) is 11.8 Å². The van der Waals surface area contributed by atoms with Crippen LogP contribution in [0.2, 0.25) is 0 Å². The maximum absolute atomic E-state index is 10.3. The van der Waals surface area contributed by atoms with Gasteiger partial charge in [-0.3, -0.25) is 4.79 Å². The molecular weight excluding hydrogens is 140 g/mol. The smallest absolute Gasteiger partial charge is 0.373 e. The van der Waals surface area contributed by atoms with Crippen molar-refractivity contribution in [3.8, 4) is 0 Å². The number of ketones is 1. The molecule has 0 radical (unpaired) electrons. The highest BCUT2D eigenvalue weighted by Gasteiger charge is 2.09. The molecule has 1 N–H and O–H groups in total. The third-order valence-corrected chi connectivity index (χ3v) is 1.55. The number of thioether (sulfide) groups is 1. The Morgan fingerprint density at radius 1 is 1.56 bits per heavy atom. The molecule has 0 rings (SSSR count). The molecule has 0 aliphatic rings. The van der Waals surface area contributed by atoms with Crippen molar-refractivity contribution in [2.75, 3.05) is 11.5 Å². The van der Waals surface area contributed by atoms with Crippen LogP contribution in [0.25, 0.3) is 0 Å². The second-order valence-electron chi connectivity index (χ2n) is 1.37. The van der Waals surface area contributed by atoms with E-state index in [4.69, 9.17) is 5.11 Å². The lowest BCUT2D eigenvalue weighted by Gasteiger charge is -1.90. The average Bonchev–Trinajstić information content (AvgIpc) is 1.82. The molecule has 0 fully saturated rings. The molecule has 0 heterocycles. The average molecular weight is 148 g/mol. The van der Waals surface area contributed by atoms with Crippen LogP contribution >= 0.6 is 11.8 Å². The number of Topliss-reactive ketones (excluding diaryl/α,β-unsaturated/α-hetero) is 1. The van der Waals surface area contributed by atoms with Crippen molar-refractivity contribution in [1.29, 1.82) is 0 Å². The van der Waals surface area contributed by atoms with Crippen molar-refractivity contribution >= 4 is 23.5 Å². The molecule has 0 aromatic rings. The Bertz CT molecular complexity index is 121. The Morgan fingerprint density at radius 2 is 2.11 bits per heavy atom. The highest BCUT2D eigenvalue weighted by molar-refractivity contribution is 8.00. The molecule has 0 aromatic carbocycles. The van der Waals surface area contributed by atoms with Crippen molar-refractivity contribution in [2.24, 2.45) is 0 Å². The summed E-state index contributed by atoms with van der Waals surface area (Å²) in [4.78, 5) is 20.1. The lowest BCUT2D eigenvalue weighted by molar-refractivity contribution is -0.147. The molecule has 4 heteroatoms. The van der Waals surface area contributed by atoms with Gasteiger partial charge in [0.15, 0.2) is 0 Å². The highest BCUT2D eigenvalue weighted by Crippen LogP contribution is 1.97. The van der Waals surface area contributed by atoms with Crippen LogP contribution in [0.15, 0.2) is 0 Å². The van der Waals surface area contributed by atoms with Gasteiger partial charge in [0, 0.05) is 0 Å². The monoisotopic (exact) mass is 148 g/mol. The van der Waals surface area contributed by atoms with E-state index < -0.39 is 11.8 Å². The van der Waals surface area contributed by atoms with Gasteiger partial charge in [0.05, 0.1) is 5.75 Å². The van der Waals surface area contributed by atoms with Crippen LogP contribution in [-0.2, 0) is 9.59 Å². The van der Waals surface area contributed by atoms with E-state index in [1.54, 1.807) is 0 Å². The number of hydrogen-bond donors (Lipinski definition) is 1. The topological polar surface area (TPSA) is 54.4 Å². The van der Waals surface area contributed by atoms with Gasteiger partial charge in [-0.05, 0) is 5.75 Å². The summed E-state index contributed by atoms with van der Waals surface area (Å²) in [5.41, 5.74) is 0. The number of carbonyl (C=O) groups is 2. The SMILES string of the molecule is CCSCC(=O)C(=O)O. The molecular formula is C5H8O3S. The Kier molecular flexibility index (Phi) is 4.13. The zero-order valence-electron chi connectivity index (χ0n) is 5.09. The molecule has 0 bridgehead atoms. The molecule has 0 saturated heterocycles. The second-order valence-corrected chi connectivity index (χ2v) is 2.64. The quantitative estimate of drug-likeness (QED) is 0.586. The Hall–Kier alpha value is -0.510. The van der Waals surface area contributed by atoms with Crippen LogP contribution in [0, 0.1) is 0 Å². The molecule has 9 heavy (non-hydrogen) atoms. The van der Waals surface area contributed by atoms with Gasteiger partial charge in [0.25, 0.3) is 0 Å². The maximum atomic E-state index is 10.3. The van der Waals surface area contributed by atoms with E-state index >= 15 is 0 Å². The number of rotatable bonds is 4. The Labute approximate surface area is 57.4 Å². The number of carbonyl (C=O) groups excluding carboxylic acids is 1. The van der Waals surface area contributed by atoms with Gasteiger partial charge >= 0.3 is 5.97 Å². The largest absolute Gasteiger partial charge is 0.475 e. The van der Waals surface area contributed by atoms with Crippen molar-refractivity contribution < 1.29 is 14.7 Å². The molecule has 0 aliphatic carbocycles. The number of carboxylic acid groups (broad SMARTS) is 1. The summed E-state index contributed by atoms with van der Waals surface area (Å²) in [6.07, 6.45) is 0. The standard InChI is InChI=1S/C5H8O3S/c1-2-9-3-4(6)5(7)8/h2-3H2,1H3,(H,7,8). The molecule has 0 aromatic heterocycles. The zero-order chi connectivity index (χ0) is 7.28. The molecule has 0 aliphatic heterocycles. The predicted molar refractivity (Wildman–Crippen MR) is 35.6 cm³/mol. The van der Waals surface area contributed by atoms with E-state index in [1.165, 1.54) is 11.8 Å². The molecule has 0 amide bonds. The maximum Gasteiger partial charge on any atom is 0.373 e. The molecule has 52 valence electrons. The third kappa shape index (κ3) is 4.02. The highest BCUT2D eigenvalue weighted by atomic mass is 32.2. The van der Waals surface area contributed by atoms with Gasteiger partial charge in [-0.15, -0.1) is 0 Å². The summed E-state index contributed by atoms with van der Waals surface area (Å²) < 4.78 is 0. The van der Waals surface area contributed by atoms with Gasteiger partial charge in [-0.1, -0.05) is 6.92 Å². The van der Waals surface area contributed by atoms with Crippen molar-refractivity contribution in [3.63, 3.8) is 0 Å². The fourth-order valence-corrected chi connectivity index (χ4v) is 0.769. The van der Waals surface area contributed by atoms with E-state index in [0.717, 1.165) is 5.75 Å². The Balaban J connectivity index is 3.39. The van der Waals surface area contributed by atoms with Crippen LogP contribution in [0.5, 0.6) is 0 Å². The first-order chi connectivity index (χ1) is 4.18. The van der Waals surface area contributed by atoms with E-state index in [9.17, 15) is 9.59 Å². The first-order valence-corrected chi connectivity index (χ1v) is 3.67. The predicted octanol–water partition coefficient (Wildman–Crippen LogP) is 0.393. The summed E-state index contributed by atoms with van der Waals surface area (Å²) in [5.74, 6) is -1.19. The minimum Gasteiger partial charge on any atom is -0.475 e. The van der Waals surface area contributed by atoms with Crippen LogP contribution < -0.4 is 0 Å². The van der Waals surface area contributed by atoms with E-state index in [1.807, 2.05) is 6.92 Å². The minimum atomic E-state index is -1.34. The first kappa shape index (κ1) is 8.49. The summed E-state index contributed by atoms with van der Waals surface area (Å²) >= 11 is 1.31. The summed E-state index contributed by atoms with van der Waals surface area (Å²) in [5, 5.41) is 8.05. The van der Waals surface area contributed by atoms with Crippen molar-refractivity contribution in [2.45, 2.75) is 6.92 Å². The second kappa shape index (κ2) is 4.38. The van der Waals surface area contributed by atoms with E-state index in [-0.39, 0.29) is 5.75 Å². The lowest BCUT2D eigenvalue weighted by atomic mass is 10.5. The van der Waals surface area contributed by atoms with Crippen LogP contribution in [0.1, 0.15) is 6.92 Å². The first-order valence-electron chi connectivity index (χ1n) is 2.52. The fraction of sp³-hybridized carbons (Fsp3) is 0.600. The van der Waals surface area contributed by atoms with Crippen LogP contribution in [0.4, 0.5) is 0 Å². The van der Waals surface area contributed by atoms with Gasteiger partial charge in [0.2, 0.25) is 5.78 Å². The van der Waals surface area contributed by atoms with E-state index in [0.29, 0.717) is 0 Å². The molecule has 0 spiro atoms. The van der Waals surface area contributed by atoms with Crippen molar-refractivity contribution in [3.05, 3.63) is 0 Å². The number of carboxylic acids is 1. The summed E-state index contributed by atoms with van der Waals surface area (Å²) in [7, 11) is 0. The summed E-state index contributed by atoms with van der Waals surface area (Å²) in [6.45, 7) is 1.87. The zero-order valence-corrected chi connectivity index (χ0v) is 5.90. The van der Waals surface area contributed by atoms with Crippen LogP contribution in [0.3, 0.4) is 0 Å². The van der Waals surface area contributed by atoms with Gasteiger partial charge in [0.1, 0.15) is 0 Å².